The molecule has 21 heavy (non-hydrogen) atoms. The molecule has 0 radical (unpaired) electrons. The van der Waals surface area contributed by atoms with E-state index in [-0.39, 0.29) is 11.7 Å². The lowest BCUT2D eigenvalue weighted by Crippen LogP contribution is -2.19. The first-order chi connectivity index (χ1) is 10.0. The number of aromatic nitrogens is 1. The van der Waals surface area contributed by atoms with Gasteiger partial charge in [0.2, 0.25) is 0 Å². The van der Waals surface area contributed by atoms with E-state index in [9.17, 15) is 8.78 Å². The summed E-state index contributed by atoms with van der Waals surface area (Å²) in [6, 6.07) is 4.69. The summed E-state index contributed by atoms with van der Waals surface area (Å²) >= 11 is 0. The zero-order chi connectivity index (χ0) is 15.4. The first kappa shape index (κ1) is 15.4. The van der Waals surface area contributed by atoms with E-state index in [1.165, 1.54) is 6.07 Å². The smallest absolute Gasteiger partial charge is 0.138 e. The maximum absolute atomic E-state index is 13.9. The van der Waals surface area contributed by atoms with Gasteiger partial charge in [-0.2, -0.15) is 0 Å². The molecule has 0 bridgehead atoms. The minimum absolute atomic E-state index is 0.0148. The number of ether oxygens (including phenoxy) is 1. The summed E-state index contributed by atoms with van der Waals surface area (Å²) in [5.74, 6) is -0.348. The monoisotopic (exact) mass is 292 g/mol. The van der Waals surface area contributed by atoms with Crippen LogP contribution in [0.2, 0.25) is 0 Å². The first-order valence-corrected chi connectivity index (χ1v) is 6.75. The number of nitrogens with zero attached hydrogens (tertiary/aromatic N) is 1. The molecule has 0 amide bonds. The number of rotatable bonds is 5. The van der Waals surface area contributed by atoms with Crippen molar-refractivity contribution in [1.29, 1.82) is 0 Å². The van der Waals surface area contributed by atoms with Gasteiger partial charge in [-0.15, -0.1) is 0 Å². The minimum atomic E-state index is -0.496. The van der Waals surface area contributed by atoms with Crippen molar-refractivity contribution in [2.45, 2.75) is 26.0 Å². The molecule has 0 fully saturated rings. The van der Waals surface area contributed by atoms with Crippen LogP contribution in [-0.4, -0.2) is 18.1 Å². The Hall–Kier alpha value is -2.01. The van der Waals surface area contributed by atoms with Crippen LogP contribution in [0.3, 0.4) is 0 Å². The minimum Gasteiger partial charge on any atom is -0.489 e. The van der Waals surface area contributed by atoms with Gasteiger partial charge in [-0.1, -0.05) is 0 Å². The van der Waals surface area contributed by atoms with Crippen LogP contribution in [0.4, 0.5) is 8.78 Å². The quantitative estimate of drug-likeness (QED) is 0.916. The SMILES string of the molecule is CNC(c1cncc(OC(C)C)c1)c1cc(F)ccc1F. The Labute approximate surface area is 123 Å². The van der Waals surface area contributed by atoms with E-state index in [0.29, 0.717) is 11.3 Å². The van der Waals surface area contributed by atoms with Crippen molar-refractivity contribution in [1.82, 2.24) is 10.3 Å². The number of halogens is 2. The van der Waals surface area contributed by atoms with Crippen molar-refractivity contribution < 1.29 is 13.5 Å². The van der Waals surface area contributed by atoms with Crippen LogP contribution < -0.4 is 10.1 Å². The lowest BCUT2D eigenvalue weighted by atomic mass is 9.99. The number of hydrogen-bond acceptors (Lipinski definition) is 3. The van der Waals surface area contributed by atoms with E-state index in [1.807, 2.05) is 13.8 Å². The maximum Gasteiger partial charge on any atom is 0.138 e. The molecule has 1 aromatic carbocycles. The van der Waals surface area contributed by atoms with E-state index in [4.69, 9.17) is 4.74 Å². The Kier molecular flexibility index (Phi) is 4.85. The zero-order valence-corrected chi connectivity index (χ0v) is 12.2. The molecule has 1 unspecified atom stereocenters. The van der Waals surface area contributed by atoms with Gasteiger partial charge in [-0.3, -0.25) is 4.98 Å². The summed E-state index contributed by atoms with van der Waals surface area (Å²) < 4.78 is 32.9. The van der Waals surface area contributed by atoms with Gasteiger partial charge < -0.3 is 10.1 Å². The van der Waals surface area contributed by atoms with Crippen molar-refractivity contribution in [2.24, 2.45) is 0 Å². The van der Waals surface area contributed by atoms with Crippen LogP contribution in [0.25, 0.3) is 0 Å². The highest BCUT2D eigenvalue weighted by Gasteiger charge is 2.18. The second kappa shape index (κ2) is 6.63. The van der Waals surface area contributed by atoms with E-state index < -0.39 is 17.7 Å². The fourth-order valence-corrected chi connectivity index (χ4v) is 2.17. The van der Waals surface area contributed by atoms with Crippen LogP contribution in [0.1, 0.15) is 31.0 Å². The van der Waals surface area contributed by atoms with Crippen molar-refractivity contribution in [3.8, 4) is 5.75 Å². The van der Waals surface area contributed by atoms with Gasteiger partial charge in [0.05, 0.1) is 18.3 Å². The number of pyridine rings is 1. The third kappa shape index (κ3) is 3.76. The van der Waals surface area contributed by atoms with Gasteiger partial charge in [-0.05, 0) is 50.7 Å². The molecular formula is C16H18F2N2O. The number of benzene rings is 1. The van der Waals surface area contributed by atoms with Gasteiger partial charge in [0.1, 0.15) is 17.4 Å². The molecule has 1 atom stereocenters. The molecule has 0 aliphatic carbocycles. The average Bonchev–Trinajstić information content (AvgIpc) is 2.43. The van der Waals surface area contributed by atoms with Crippen molar-refractivity contribution >= 4 is 0 Å². The summed E-state index contributed by atoms with van der Waals surface area (Å²) in [6.45, 7) is 3.82. The Balaban J connectivity index is 2.39. The van der Waals surface area contributed by atoms with Gasteiger partial charge in [0.25, 0.3) is 0 Å². The van der Waals surface area contributed by atoms with E-state index in [1.54, 1.807) is 25.5 Å². The van der Waals surface area contributed by atoms with E-state index in [2.05, 4.69) is 10.3 Å². The van der Waals surface area contributed by atoms with Crippen LogP contribution in [-0.2, 0) is 0 Å². The Morgan fingerprint density at radius 1 is 1.14 bits per heavy atom. The summed E-state index contributed by atoms with van der Waals surface area (Å²) in [7, 11) is 1.69. The molecule has 0 spiro atoms. The molecule has 1 aromatic heterocycles. The Bertz CT molecular complexity index is 617. The molecule has 1 N–H and O–H groups in total. The normalized spacial score (nSPS) is 12.5. The zero-order valence-electron chi connectivity index (χ0n) is 12.2. The molecular weight excluding hydrogens is 274 g/mol. The molecule has 2 rings (SSSR count). The fourth-order valence-electron chi connectivity index (χ4n) is 2.17. The highest BCUT2D eigenvalue weighted by Crippen LogP contribution is 2.26. The van der Waals surface area contributed by atoms with Gasteiger partial charge in [0.15, 0.2) is 0 Å². The van der Waals surface area contributed by atoms with Crippen LogP contribution in [0.15, 0.2) is 36.7 Å². The molecule has 1 heterocycles. The Morgan fingerprint density at radius 2 is 1.90 bits per heavy atom. The van der Waals surface area contributed by atoms with Crippen molar-refractivity contribution in [3.63, 3.8) is 0 Å². The van der Waals surface area contributed by atoms with Gasteiger partial charge in [-0.25, -0.2) is 8.78 Å². The van der Waals surface area contributed by atoms with Crippen LogP contribution in [0.5, 0.6) is 5.75 Å². The predicted octanol–water partition coefficient (Wildman–Crippen LogP) is 3.46. The van der Waals surface area contributed by atoms with Crippen molar-refractivity contribution in [2.75, 3.05) is 7.05 Å². The fraction of sp³-hybridized carbons (Fsp3) is 0.312. The summed E-state index contributed by atoms with van der Waals surface area (Å²) in [6.07, 6.45) is 3.22. The van der Waals surface area contributed by atoms with Crippen LogP contribution >= 0.6 is 0 Å². The summed E-state index contributed by atoms with van der Waals surface area (Å²) in [4.78, 5) is 4.10. The van der Waals surface area contributed by atoms with E-state index in [0.717, 1.165) is 12.1 Å². The third-order valence-corrected chi connectivity index (χ3v) is 3.00. The lowest BCUT2D eigenvalue weighted by Gasteiger charge is -2.19. The second-order valence-corrected chi connectivity index (χ2v) is 5.01. The maximum atomic E-state index is 13.9. The summed E-state index contributed by atoms with van der Waals surface area (Å²) in [5, 5.41) is 2.98. The predicted molar refractivity (Wildman–Crippen MR) is 77.3 cm³/mol. The number of nitrogens with one attached hydrogen (secondary N) is 1. The highest BCUT2D eigenvalue weighted by molar-refractivity contribution is 5.35. The van der Waals surface area contributed by atoms with E-state index >= 15 is 0 Å². The molecule has 0 aliphatic rings. The Morgan fingerprint density at radius 3 is 2.57 bits per heavy atom. The lowest BCUT2D eigenvalue weighted by molar-refractivity contribution is 0.241. The van der Waals surface area contributed by atoms with Crippen LogP contribution in [0, 0.1) is 11.6 Å². The largest absolute Gasteiger partial charge is 0.489 e. The van der Waals surface area contributed by atoms with Crippen molar-refractivity contribution in [3.05, 3.63) is 59.4 Å². The topological polar surface area (TPSA) is 34.2 Å². The third-order valence-electron chi connectivity index (χ3n) is 3.00. The second-order valence-electron chi connectivity index (χ2n) is 5.01. The average molecular weight is 292 g/mol. The standard InChI is InChI=1S/C16H18F2N2O/c1-10(2)21-13-6-11(8-20-9-13)16(19-3)14-7-12(17)4-5-15(14)18/h4-10,16,19H,1-3H3. The highest BCUT2D eigenvalue weighted by atomic mass is 19.1. The number of hydrogen-bond donors (Lipinski definition) is 1. The molecule has 3 nitrogen and oxygen atoms in total. The first-order valence-electron chi connectivity index (χ1n) is 6.75. The summed E-state index contributed by atoms with van der Waals surface area (Å²) in [5.41, 5.74) is 0.946. The molecule has 0 saturated carbocycles. The molecule has 112 valence electrons. The van der Waals surface area contributed by atoms with Gasteiger partial charge in [0, 0.05) is 11.8 Å². The molecule has 5 heteroatoms. The van der Waals surface area contributed by atoms with Gasteiger partial charge >= 0.3 is 0 Å². The molecule has 0 aliphatic heterocycles. The molecule has 2 aromatic rings. The molecule has 0 saturated heterocycles.